The Kier molecular flexibility index (Phi) is 3.50. The molecule has 1 aromatic heterocycles. The number of rotatable bonds is 2. The second-order valence-electron chi connectivity index (χ2n) is 4.74. The molecule has 0 aliphatic rings. The van der Waals surface area contributed by atoms with E-state index in [0.29, 0.717) is 6.07 Å². The molecule has 0 radical (unpaired) electrons. The zero-order chi connectivity index (χ0) is 16.6. The third-order valence-corrected chi connectivity index (χ3v) is 3.27. The lowest BCUT2D eigenvalue weighted by molar-refractivity contribution is 0.585. The Labute approximate surface area is 129 Å². The fraction of sp³-hybridized carbons (Fsp3) is 0. The van der Waals surface area contributed by atoms with Crippen LogP contribution in [0.2, 0.25) is 0 Å². The van der Waals surface area contributed by atoms with Crippen LogP contribution in [0.5, 0.6) is 0 Å². The van der Waals surface area contributed by atoms with Crippen LogP contribution in [0.4, 0.5) is 19.0 Å². The van der Waals surface area contributed by atoms with Crippen LogP contribution in [0.3, 0.4) is 0 Å². The van der Waals surface area contributed by atoms with E-state index in [0.717, 1.165) is 10.7 Å². The van der Waals surface area contributed by atoms with Gasteiger partial charge in [-0.15, -0.1) is 0 Å². The van der Waals surface area contributed by atoms with Gasteiger partial charge in [-0.05, 0) is 30.3 Å². The molecule has 114 valence electrons. The van der Waals surface area contributed by atoms with Crippen molar-refractivity contribution in [1.82, 2.24) is 9.78 Å². The van der Waals surface area contributed by atoms with Crippen LogP contribution in [0.1, 0.15) is 5.56 Å². The number of hydrogen-bond acceptors (Lipinski definition) is 3. The van der Waals surface area contributed by atoms with Gasteiger partial charge in [-0.25, -0.2) is 17.9 Å². The van der Waals surface area contributed by atoms with Crippen LogP contribution >= 0.6 is 0 Å². The summed E-state index contributed by atoms with van der Waals surface area (Å²) >= 11 is 0. The van der Waals surface area contributed by atoms with Crippen LogP contribution in [0, 0.1) is 28.8 Å². The molecule has 1 heterocycles. The minimum atomic E-state index is -0.870. The Balaban J connectivity index is 2.24. The van der Waals surface area contributed by atoms with Crippen molar-refractivity contribution in [2.24, 2.45) is 0 Å². The Morgan fingerprint density at radius 3 is 2.43 bits per heavy atom. The van der Waals surface area contributed by atoms with Crippen molar-refractivity contribution in [2.75, 3.05) is 5.73 Å². The first kappa shape index (κ1) is 14.7. The summed E-state index contributed by atoms with van der Waals surface area (Å²) in [7, 11) is 0. The van der Waals surface area contributed by atoms with Crippen molar-refractivity contribution in [3.63, 3.8) is 0 Å². The molecule has 3 rings (SSSR count). The number of aromatic nitrogens is 2. The summed E-state index contributed by atoms with van der Waals surface area (Å²) in [6.07, 6.45) is 0. The van der Waals surface area contributed by atoms with E-state index >= 15 is 0 Å². The number of benzene rings is 2. The average molecular weight is 314 g/mol. The molecule has 0 bridgehead atoms. The molecule has 0 aliphatic carbocycles. The summed E-state index contributed by atoms with van der Waals surface area (Å²) in [4.78, 5) is 0. The molecule has 0 amide bonds. The lowest BCUT2D eigenvalue weighted by Gasteiger charge is -2.03. The van der Waals surface area contributed by atoms with Gasteiger partial charge >= 0.3 is 0 Å². The molecule has 2 N–H and O–H groups in total. The van der Waals surface area contributed by atoms with Gasteiger partial charge in [-0.3, -0.25) is 0 Å². The zero-order valence-corrected chi connectivity index (χ0v) is 11.6. The molecule has 3 aromatic rings. The van der Waals surface area contributed by atoms with Crippen molar-refractivity contribution in [2.45, 2.75) is 0 Å². The Morgan fingerprint density at radius 2 is 1.78 bits per heavy atom. The van der Waals surface area contributed by atoms with Gasteiger partial charge in [-0.1, -0.05) is 6.07 Å². The first-order chi connectivity index (χ1) is 11.0. The Bertz CT molecular complexity index is 941. The molecular weight excluding hydrogens is 305 g/mol. The average Bonchev–Trinajstić information content (AvgIpc) is 2.84. The fourth-order valence-corrected chi connectivity index (χ4v) is 2.22. The maximum atomic E-state index is 14.0. The minimum absolute atomic E-state index is 0.0354. The Hall–Kier alpha value is -3.27. The predicted octanol–water partition coefficient (Wildman–Crippen LogP) is 3.41. The normalized spacial score (nSPS) is 10.5. The second kappa shape index (κ2) is 5.50. The molecule has 0 unspecified atom stereocenters. The standard InChI is InChI=1S/C16H9F3N4/c17-9-2-1-3-11(6-9)23-16(21)13(8-20)15(22-23)12-5-4-10(18)7-14(12)19/h1-7H,21H2. The number of nitrogen functional groups attached to an aromatic ring is 1. The van der Waals surface area contributed by atoms with E-state index in [1.807, 2.05) is 6.07 Å². The summed E-state index contributed by atoms with van der Waals surface area (Å²) in [6.45, 7) is 0. The van der Waals surface area contributed by atoms with Gasteiger partial charge in [0.25, 0.3) is 0 Å². The highest BCUT2D eigenvalue weighted by Gasteiger charge is 2.20. The third kappa shape index (κ3) is 2.51. The monoisotopic (exact) mass is 314 g/mol. The van der Waals surface area contributed by atoms with Gasteiger partial charge in [0.1, 0.15) is 40.6 Å². The SMILES string of the molecule is N#Cc1c(-c2ccc(F)cc2F)nn(-c2cccc(F)c2)c1N. The summed E-state index contributed by atoms with van der Waals surface area (Å²) in [5.74, 6) is -2.19. The molecule has 4 nitrogen and oxygen atoms in total. The maximum absolute atomic E-state index is 14.0. The van der Waals surface area contributed by atoms with E-state index in [-0.39, 0.29) is 28.3 Å². The number of halogens is 3. The second-order valence-corrected chi connectivity index (χ2v) is 4.74. The lowest BCUT2D eigenvalue weighted by Crippen LogP contribution is -2.02. The summed E-state index contributed by atoms with van der Waals surface area (Å²) in [6, 6.07) is 10.2. The van der Waals surface area contributed by atoms with E-state index in [4.69, 9.17) is 5.73 Å². The van der Waals surface area contributed by atoms with Crippen LogP contribution in [0.15, 0.2) is 42.5 Å². The van der Waals surface area contributed by atoms with Crippen LogP contribution in [-0.4, -0.2) is 9.78 Å². The lowest BCUT2D eigenvalue weighted by atomic mass is 10.1. The van der Waals surface area contributed by atoms with Gasteiger partial charge in [0.15, 0.2) is 0 Å². The first-order valence-electron chi connectivity index (χ1n) is 6.51. The first-order valence-corrected chi connectivity index (χ1v) is 6.51. The third-order valence-electron chi connectivity index (χ3n) is 3.27. The summed E-state index contributed by atoms with van der Waals surface area (Å²) in [5, 5.41) is 13.4. The van der Waals surface area contributed by atoms with E-state index in [1.54, 1.807) is 6.07 Å². The number of anilines is 1. The summed E-state index contributed by atoms with van der Waals surface area (Å²) < 4.78 is 41.5. The van der Waals surface area contributed by atoms with Crippen molar-refractivity contribution >= 4 is 5.82 Å². The van der Waals surface area contributed by atoms with E-state index in [1.165, 1.54) is 24.3 Å². The van der Waals surface area contributed by atoms with Gasteiger partial charge in [0, 0.05) is 11.6 Å². The maximum Gasteiger partial charge on any atom is 0.145 e. The molecular formula is C16H9F3N4. The number of nitriles is 1. The van der Waals surface area contributed by atoms with Gasteiger partial charge in [0.2, 0.25) is 0 Å². The highest BCUT2D eigenvalue weighted by molar-refractivity contribution is 5.74. The molecule has 0 saturated carbocycles. The smallest absolute Gasteiger partial charge is 0.145 e. The Morgan fingerprint density at radius 1 is 1.04 bits per heavy atom. The van der Waals surface area contributed by atoms with E-state index < -0.39 is 17.5 Å². The van der Waals surface area contributed by atoms with Gasteiger partial charge in [0.05, 0.1) is 5.69 Å². The molecule has 7 heteroatoms. The quantitative estimate of drug-likeness (QED) is 0.788. The molecule has 0 spiro atoms. The highest BCUT2D eigenvalue weighted by Crippen LogP contribution is 2.30. The van der Waals surface area contributed by atoms with E-state index in [2.05, 4.69) is 5.10 Å². The van der Waals surface area contributed by atoms with Crippen molar-refractivity contribution in [1.29, 1.82) is 5.26 Å². The van der Waals surface area contributed by atoms with Crippen molar-refractivity contribution < 1.29 is 13.2 Å². The number of hydrogen-bond donors (Lipinski definition) is 1. The fourth-order valence-electron chi connectivity index (χ4n) is 2.22. The molecule has 2 aromatic carbocycles. The topological polar surface area (TPSA) is 67.6 Å². The van der Waals surface area contributed by atoms with Crippen molar-refractivity contribution in [3.05, 3.63) is 65.5 Å². The largest absolute Gasteiger partial charge is 0.382 e. The van der Waals surface area contributed by atoms with Gasteiger partial charge in [-0.2, -0.15) is 10.4 Å². The number of nitrogens with two attached hydrogens (primary N) is 1. The molecule has 0 atom stereocenters. The molecule has 23 heavy (non-hydrogen) atoms. The van der Waals surface area contributed by atoms with Crippen LogP contribution < -0.4 is 5.73 Å². The van der Waals surface area contributed by atoms with Gasteiger partial charge < -0.3 is 5.73 Å². The molecule has 0 fully saturated rings. The van der Waals surface area contributed by atoms with Crippen LogP contribution in [-0.2, 0) is 0 Å². The van der Waals surface area contributed by atoms with Crippen LogP contribution in [0.25, 0.3) is 16.9 Å². The zero-order valence-electron chi connectivity index (χ0n) is 11.6. The summed E-state index contributed by atoms with van der Waals surface area (Å²) in [5.41, 5.74) is 5.99. The minimum Gasteiger partial charge on any atom is -0.382 e. The molecule has 0 aliphatic heterocycles. The molecule has 0 saturated heterocycles. The predicted molar refractivity (Wildman–Crippen MR) is 78.0 cm³/mol. The number of nitrogens with zero attached hydrogens (tertiary/aromatic N) is 3. The van der Waals surface area contributed by atoms with Crippen molar-refractivity contribution in [3.8, 4) is 23.0 Å². The van der Waals surface area contributed by atoms with E-state index in [9.17, 15) is 18.4 Å². The highest BCUT2D eigenvalue weighted by atomic mass is 19.1.